The second kappa shape index (κ2) is 5.78. The van der Waals surface area contributed by atoms with Crippen molar-refractivity contribution >= 4 is 17.4 Å². The predicted molar refractivity (Wildman–Crippen MR) is 78.7 cm³/mol. The van der Waals surface area contributed by atoms with E-state index in [0.717, 1.165) is 0 Å². The second-order valence-electron chi connectivity index (χ2n) is 4.46. The van der Waals surface area contributed by atoms with Gasteiger partial charge in [-0.05, 0) is 18.2 Å². The number of carboxylic acids is 1. The van der Waals surface area contributed by atoms with Gasteiger partial charge in [0, 0.05) is 31.3 Å². The smallest absolute Gasteiger partial charge is 0.337 e. The lowest BCUT2D eigenvalue weighted by Crippen LogP contribution is -2.10. The first-order valence-corrected chi connectivity index (χ1v) is 6.46. The SMILES string of the molecule is COCNc1nc(-c2ccncc2C(=O)O)c2cccn2n1. The molecule has 0 amide bonds. The summed E-state index contributed by atoms with van der Waals surface area (Å²) in [7, 11) is 1.55. The van der Waals surface area contributed by atoms with Crippen molar-refractivity contribution in [1.82, 2.24) is 19.6 Å². The Kier molecular flexibility index (Phi) is 3.67. The zero-order chi connectivity index (χ0) is 15.5. The first-order valence-electron chi connectivity index (χ1n) is 6.46. The summed E-state index contributed by atoms with van der Waals surface area (Å²) in [6, 6.07) is 5.26. The molecule has 0 bridgehead atoms. The molecule has 0 aliphatic rings. The van der Waals surface area contributed by atoms with Crippen molar-refractivity contribution in [2.75, 3.05) is 19.2 Å². The number of methoxy groups -OCH3 is 1. The highest BCUT2D eigenvalue weighted by atomic mass is 16.5. The van der Waals surface area contributed by atoms with Crippen LogP contribution in [0.25, 0.3) is 16.8 Å². The van der Waals surface area contributed by atoms with Gasteiger partial charge < -0.3 is 15.2 Å². The Morgan fingerprint density at radius 3 is 3.09 bits per heavy atom. The lowest BCUT2D eigenvalue weighted by atomic mass is 10.1. The third-order valence-corrected chi connectivity index (χ3v) is 3.07. The highest BCUT2D eigenvalue weighted by molar-refractivity contribution is 5.97. The Labute approximate surface area is 125 Å². The van der Waals surface area contributed by atoms with Crippen LogP contribution >= 0.6 is 0 Å². The predicted octanol–water partition coefficient (Wildman–Crippen LogP) is 1.51. The van der Waals surface area contributed by atoms with Gasteiger partial charge in [-0.1, -0.05) is 0 Å². The molecule has 0 saturated heterocycles. The normalized spacial score (nSPS) is 10.8. The van der Waals surface area contributed by atoms with Crippen molar-refractivity contribution in [2.45, 2.75) is 0 Å². The first-order chi connectivity index (χ1) is 10.7. The van der Waals surface area contributed by atoms with E-state index in [1.165, 1.54) is 12.4 Å². The molecule has 3 heterocycles. The highest BCUT2D eigenvalue weighted by Gasteiger charge is 2.17. The van der Waals surface area contributed by atoms with E-state index in [2.05, 4.69) is 20.4 Å². The van der Waals surface area contributed by atoms with Crippen molar-refractivity contribution in [3.63, 3.8) is 0 Å². The molecule has 0 aliphatic heterocycles. The Morgan fingerprint density at radius 1 is 1.45 bits per heavy atom. The highest BCUT2D eigenvalue weighted by Crippen LogP contribution is 2.26. The summed E-state index contributed by atoms with van der Waals surface area (Å²) in [5.41, 5.74) is 1.78. The molecule has 0 fully saturated rings. The molecule has 0 aliphatic carbocycles. The van der Waals surface area contributed by atoms with Crippen LogP contribution in [0.15, 0.2) is 36.8 Å². The van der Waals surface area contributed by atoms with Gasteiger partial charge in [-0.25, -0.2) is 14.3 Å². The van der Waals surface area contributed by atoms with E-state index in [-0.39, 0.29) is 12.3 Å². The van der Waals surface area contributed by atoms with E-state index < -0.39 is 5.97 Å². The molecule has 112 valence electrons. The molecule has 8 nitrogen and oxygen atoms in total. The van der Waals surface area contributed by atoms with Crippen LogP contribution < -0.4 is 5.32 Å². The van der Waals surface area contributed by atoms with Crippen LogP contribution in [0.3, 0.4) is 0 Å². The van der Waals surface area contributed by atoms with Gasteiger partial charge in [-0.2, -0.15) is 0 Å². The summed E-state index contributed by atoms with van der Waals surface area (Å²) in [4.78, 5) is 19.7. The summed E-state index contributed by atoms with van der Waals surface area (Å²) < 4.78 is 6.57. The van der Waals surface area contributed by atoms with Crippen molar-refractivity contribution in [2.24, 2.45) is 0 Å². The van der Waals surface area contributed by atoms with Gasteiger partial charge >= 0.3 is 5.97 Å². The van der Waals surface area contributed by atoms with Gasteiger partial charge in [0.25, 0.3) is 0 Å². The van der Waals surface area contributed by atoms with E-state index in [1.807, 2.05) is 12.1 Å². The van der Waals surface area contributed by atoms with Crippen LogP contribution in [0.2, 0.25) is 0 Å². The minimum Gasteiger partial charge on any atom is -0.478 e. The molecule has 0 radical (unpaired) electrons. The van der Waals surface area contributed by atoms with Gasteiger partial charge in [0.1, 0.15) is 12.4 Å². The number of hydrogen-bond donors (Lipinski definition) is 2. The largest absolute Gasteiger partial charge is 0.478 e. The topological polar surface area (TPSA) is 102 Å². The lowest BCUT2D eigenvalue weighted by molar-refractivity contribution is 0.0697. The number of ether oxygens (including phenoxy) is 1. The van der Waals surface area contributed by atoms with Crippen LogP contribution in [0, 0.1) is 0 Å². The lowest BCUT2D eigenvalue weighted by Gasteiger charge is -2.10. The van der Waals surface area contributed by atoms with Crippen molar-refractivity contribution in [3.8, 4) is 11.3 Å². The van der Waals surface area contributed by atoms with Crippen LogP contribution in [0.1, 0.15) is 10.4 Å². The van der Waals surface area contributed by atoms with E-state index in [4.69, 9.17) is 4.74 Å². The number of nitrogens with zero attached hydrogens (tertiary/aromatic N) is 4. The fourth-order valence-electron chi connectivity index (χ4n) is 2.12. The fourth-order valence-corrected chi connectivity index (χ4v) is 2.12. The van der Waals surface area contributed by atoms with Crippen LogP contribution in [0.5, 0.6) is 0 Å². The Hall–Kier alpha value is -3.00. The number of carbonyl (C=O) groups is 1. The summed E-state index contributed by atoms with van der Waals surface area (Å²) in [5.74, 6) is -0.716. The van der Waals surface area contributed by atoms with E-state index in [1.54, 1.807) is 23.9 Å². The van der Waals surface area contributed by atoms with Gasteiger partial charge in [-0.15, -0.1) is 5.10 Å². The average molecular weight is 299 g/mol. The molecular weight excluding hydrogens is 286 g/mol. The molecule has 0 aromatic carbocycles. The maximum absolute atomic E-state index is 11.4. The maximum atomic E-state index is 11.4. The summed E-state index contributed by atoms with van der Waals surface area (Å²) >= 11 is 0. The fraction of sp³-hybridized carbons (Fsp3) is 0.143. The molecule has 3 aromatic heterocycles. The summed E-state index contributed by atoms with van der Waals surface area (Å²) in [6.45, 7) is 0.244. The standard InChI is InChI=1S/C14H13N5O3/c1-22-8-16-14-17-12(11-3-2-6-19(11)18-14)9-4-5-15-7-10(9)13(20)21/h2-7H,8H2,1H3,(H,16,18)(H,20,21). The molecule has 0 spiro atoms. The Bertz CT molecular complexity index is 830. The first kappa shape index (κ1) is 14.0. The molecule has 0 saturated carbocycles. The van der Waals surface area contributed by atoms with E-state index in [9.17, 15) is 9.90 Å². The van der Waals surface area contributed by atoms with E-state index in [0.29, 0.717) is 22.7 Å². The van der Waals surface area contributed by atoms with Gasteiger partial charge in [0.2, 0.25) is 5.95 Å². The van der Waals surface area contributed by atoms with Gasteiger partial charge in [0.15, 0.2) is 0 Å². The minimum atomic E-state index is -1.06. The molecule has 3 aromatic rings. The number of hydrogen-bond acceptors (Lipinski definition) is 6. The molecule has 22 heavy (non-hydrogen) atoms. The Morgan fingerprint density at radius 2 is 2.32 bits per heavy atom. The molecule has 2 N–H and O–H groups in total. The third kappa shape index (κ3) is 2.47. The maximum Gasteiger partial charge on any atom is 0.337 e. The minimum absolute atomic E-state index is 0.0852. The van der Waals surface area contributed by atoms with Gasteiger partial charge in [-0.3, -0.25) is 4.98 Å². The molecule has 8 heteroatoms. The third-order valence-electron chi connectivity index (χ3n) is 3.07. The van der Waals surface area contributed by atoms with Crippen molar-refractivity contribution < 1.29 is 14.6 Å². The van der Waals surface area contributed by atoms with Crippen molar-refractivity contribution in [3.05, 3.63) is 42.4 Å². The number of aromatic nitrogens is 4. The quantitative estimate of drug-likeness (QED) is 0.688. The molecule has 0 atom stereocenters. The number of carboxylic acid groups (broad SMARTS) is 1. The zero-order valence-electron chi connectivity index (χ0n) is 11.7. The summed E-state index contributed by atoms with van der Waals surface area (Å²) in [6.07, 6.45) is 4.60. The average Bonchev–Trinajstić information content (AvgIpc) is 3.00. The monoisotopic (exact) mass is 299 g/mol. The molecule has 3 rings (SSSR count). The second-order valence-corrected chi connectivity index (χ2v) is 4.46. The molecule has 0 unspecified atom stereocenters. The van der Waals surface area contributed by atoms with Crippen LogP contribution in [0.4, 0.5) is 5.95 Å². The number of rotatable bonds is 5. The number of anilines is 1. The number of aromatic carboxylic acids is 1. The van der Waals surface area contributed by atoms with E-state index >= 15 is 0 Å². The number of nitrogens with one attached hydrogen (secondary N) is 1. The Balaban J connectivity index is 2.21. The number of fused-ring (bicyclic) bond motifs is 1. The van der Waals surface area contributed by atoms with Crippen molar-refractivity contribution in [1.29, 1.82) is 0 Å². The van der Waals surface area contributed by atoms with Crippen LogP contribution in [-0.4, -0.2) is 44.5 Å². The zero-order valence-corrected chi connectivity index (χ0v) is 11.7. The number of pyridine rings is 1. The summed E-state index contributed by atoms with van der Waals surface area (Å²) in [5, 5.41) is 16.5. The van der Waals surface area contributed by atoms with Crippen LogP contribution in [-0.2, 0) is 4.74 Å². The molecular formula is C14H13N5O3. The van der Waals surface area contributed by atoms with Gasteiger partial charge in [0.05, 0.1) is 11.1 Å².